The van der Waals surface area contributed by atoms with E-state index in [4.69, 9.17) is 38.4 Å². The molecular weight excluding hydrogens is 357 g/mol. The Kier molecular flexibility index (Phi) is 11.9. The maximum Gasteiger partial charge on any atom is 0.668 e. The Balaban J connectivity index is -0.000000107. The average Bonchev–Trinajstić information content (AvgIpc) is 1.12. The van der Waals surface area contributed by atoms with Gasteiger partial charge in [-0.15, -0.1) is 0 Å². The van der Waals surface area contributed by atoms with Crippen molar-refractivity contribution in [3.63, 3.8) is 0 Å². The first-order valence-corrected chi connectivity index (χ1v) is 5.37. The van der Waals surface area contributed by atoms with Crippen molar-refractivity contribution in [2.24, 2.45) is 0 Å². The quantitative estimate of drug-likeness (QED) is 0.198. The van der Waals surface area contributed by atoms with Crippen molar-refractivity contribution in [1.29, 1.82) is 0 Å². The molecule has 8 N–H and O–H groups in total. The Hall–Kier alpha value is 1.63. The molecule has 0 saturated carbocycles. The van der Waals surface area contributed by atoms with Crippen LogP contribution in [0.5, 0.6) is 0 Å². The summed E-state index contributed by atoms with van der Waals surface area (Å²) in [6.07, 6.45) is 0. The van der Waals surface area contributed by atoms with E-state index in [0.717, 1.165) is 0 Å². The molecule has 0 heterocycles. The molecule has 0 aromatic heterocycles. The standard InChI is InChI=1S/2H4O4Si.Yb/c2*1-5(2,3)4;/h2*1-4H;. The summed E-state index contributed by atoms with van der Waals surface area (Å²) in [7, 11) is -9.22. The first-order chi connectivity index (χ1) is 4.00. The number of hydrogen-bond donors (Lipinski definition) is 8. The SMILES string of the molecule is O[Si](O)(O)O.O[Si](O)(O)O.[Yb]. The molecule has 0 fully saturated rings. The van der Waals surface area contributed by atoms with Crippen LogP contribution in [0.2, 0.25) is 0 Å². The van der Waals surface area contributed by atoms with Gasteiger partial charge in [-0.3, -0.25) is 0 Å². The van der Waals surface area contributed by atoms with Crippen molar-refractivity contribution in [1.82, 2.24) is 0 Å². The van der Waals surface area contributed by atoms with Gasteiger partial charge >= 0.3 is 18.1 Å². The van der Waals surface area contributed by atoms with Gasteiger partial charge in [0.15, 0.2) is 0 Å². The van der Waals surface area contributed by atoms with Gasteiger partial charge in [0.25, 0.3) is 0 Å². The van der Waals surface area contributed by atoms with E-state index in [1.807, 2.05) is 0 Å². The van der Waals surface area contributed by atoms with Crippen molar-refractivity contribution < 1.29 is 85.3 Å². The van der Waals surface area contributed by atoms with E-state index in [-0.39, 0.29) is 46.9 Å². The van der Waals surface area contributed by atoms with Crippen LogP contribution in [-0.2, 0) is 0 Å². The molecule has 0 amide bonds. The maximum atomic E-state index is 7.33. The summed E-state index contributed by atoms with van der Waals surface area (Å²) in [6.45, 7) is 0. The largest absolute Gasteiger partial charge is 0.668 e. The minimum absolute atomic E-state index is 0. The molecule has 0 aliphatic rings. The Bertz CT molecular complexity index is 55.1. The van der Waals surface area contributed by atoms with E-state index in [9.17, 15) is 0 Å². The third-order valence-electron chi connectivity index (χ3n) is 0. The molecule has 0 rings (SSSR count). The fraction of sp³-hybridized carbons (Fsp3) is 0. The molecule has 0 unspecified atom stereocenters. The molecule has 8 nitrogen and oxygen atoms in total. The van der Waals surface area contributed by atoms with Crippen LogP contribution in [0, 0.1) is 46.9 Å². The van der Waals surface area contributed by atoms with E-state index in [0.29, 0.717) is 0 Å². The summed E-state index contributed by atoms with van der Waals surface area (Å²) >= 11 is 0. The van der Waals surface area contributed by atoms with Gasteiger partial charge in [0.05, 0.1) is 0 Å². The second-order valence-electron chi connectivity index (χ2n) is 1.20. The van der Waals surface area contributed by atoms with Crippen LogP contribution in [0.4, 0.5) is 0 Å². The van der Waals surface area contributed by atoms with E-state index in [1.165, 1.54) is 0 Å². The molecule has 0 aromatic rings. The molecule has 0 atom stereocenters. The zero-order chi connectivity index (χ0) is 9.00. The first kappa shape index (κ1) is 18.4. The minimum atomic E-state index is -4.61. The first-order valence-electron chi connectivity index (χ1n) is 1.79. The molecule has 0 spiro atoms. The molecule has 0 radical (unpaired) electrons. The molecule has 0 aromatic carbocycles. The predicted octanol–water partition coefficient (Wildman–Crippen LogP) is -5.22. The predicted molar refractivity (Wildman–Crippen MR) is 29.3 cm³/mol. The molecule has 78 valence electrons. The summed E-state index contributed by atoms with van der Waals surface area (Å²) in [6, 6.07) is 0. The Morgan fingerprint density at radius 3 is 0.455 bits per heavy atom. The monoisotopic (exact) mass is 366 g/mol. The summed E-state index contributed by atoms with van der Waals surface area (Å²) in [5.74, 6) is 0. The van der Waals surface area contributed by atoms with E-state index in [1.54, 1.807) is 0 Å². The molecule has 0 aliphatic carbocycles. The third kappa shape index (κ3) is 405. The Morgan fingerprint density at radius 2 is 0.455 bits per heavy atom. The van der Waals surface area contributed by atoms with Gasteiger partial charge in [0.2, 0.25) is 0 Å². The van der Waals surface area contributed by atoms with Crippen LogP contribution >= 0.6 is 0 Å². The minimum Gasteiger partial charge on any atom is -0.368 e. The van der Waals surface area contributed by atoms with Crippen LogP contribution in [-0.4, -0.2) is 56.5 Å². The van der Waals surface area contributed by atoms with Crippen LogP contribution in [0.1, 0.15) is 0 Å². The van der Waals surface area contributed by atoms with E-state index >= 15 is 0 Å². The van der Waals surface area contributed by atoms with E-state index < -0.39 is 18.1 Å². The summed E-state index contributed by atoms with van der Waals surface area (Å²) in [4.78, 5) is 58.6. The fourth-order valence-electron chi connectivity index (χ4n) is 0. The number of hydrogen-bond acceptors (Lipinski definition) is 8. The van der Waals surface area contributed by atoms with Crippen molar-refractivity contribution in [3.8, 4) is 0 Å². The average molecular weight is 365 g/mol. The van der Waals surface area contributed by atoms with Crippen molar-refractivity contribution in [2.45, 2.75) is 0 Å². The fourth-order valence-corrected chi connectivity index (χ4v) is 0. The smallest absolute Gasteiger partial charge is 0.368 e. The van der Waals surface area contributed by atoms with Crippen LogP contribution in [0.3, 0.4) is 0 Å². The Labute approximate surface area is 102 Å². The van der Waals surface area contributed by atoms with Gasteiger partial charge in [-0.2, -0.15) is 0 Å². The van der Waals surface area contributed by atoms with Crippen LogP contribution in [0.15, 0.2) is 0 Å². The normalized spacial score (nSPS) is 10.9. The van der Waals surface area contributed by atoms with Gasteiger partial charge in [-0.05, 0) is 0 Å². The molecule has 0 saturated heterocycles. The molecule has 11 heteroatoms. The van der Waals surface area contributed by atoms with Crippen LogP contribution in [0.25, 0.3) is 0 Å². The molecular formula is H8O8Si2Yb. The molecule has 0 aliphatic heterocycles. The molecule has 0 bridgehead atoms. The second-order valence-corrected chi connectivity index (χ2v) is 3.60. The molecule has 11 heavy (non-hydrogen) atoms. The summed E-state index contributed by atoms with van der Waals surface area (Å²) in [5, 5.41) is 0. The third-order valence-corrected chi connectivity index (χ3v) is 0. The van der Waals surface area contributed by atoms with Gasteiger partial charge in [0, 0.05) is 46.9 Å². The summed E-state index contributed by atoms with van der Waals surface area (Å²) < 4.78 is 0. The van der Waals surface area contributed by atoms with Gasteiger partial charge < -0.3 is 38.4 Å². The Morgan fingerprint density at radius 1 is 0.455 bits per heavy atom. The second kappa shape index (κ2) is 7.08. The summed E-state index contributed by atoms with van der Waals surface area (Å²) in [5.41, 5.74) is 0. The topological polar surface area (TPSA) is 162 Å². The van der Waals surface area contributed by atoms with Gasteiger partial charge in [-0.25, -0.2) is 0 Å². The number of rotatable bonds is 0. The van der Waals surface area contributed by atoms with Crippen molar-refractivity contribution >= 4 is 18.1 Å². The van der Waals surface area contributed by atoms with Crippen LogP contribution < -0.4 is 0 Å². The van der Waals surface area contributed by atoms with E-state index in [2.05, 4.69) is 0 Å². The maximum absolute atomic E-state index is 7.33. The van der Waals surface area contributed by atoms with Crippen molar-refractivity contribution in [2.75, 3.05) is 0 Å². The zero-order valence-corrected chi connectivity index (χ0v) is 8.56. The van der Waals surface area contributed by atoms with Crippen molar-refractivity contribution in [3.05, 3.63) is 0 Å². The van der Waals surface area contributed by atoms with Gasteiger partial charge in [-0.1, -0.05) is 0 Å². The zero-order valence-electron chi connectivity index (χ0n) is 4.84. The van der Waals surface area contributed by atoms with Gasteiger partial charge in [0.1, 0.15) is 0 Å².